The zero-order valence-corrected chi connectivity index (χ0v) is 17.5. The van der Waals surface area contributed by atoms with E-state index in [2.05, 4.69) is 15.7 Å². The van der Waals surface area contributed by atoms with Crippen molar-refractivity contribution in [3.05, 3.63) is 115 Å². The lowest BCUT2D eigenvalue weighted by Crippen LogP contribution is -2.45. The average molecular weight is 425 g/mol. The summed E-state index contributed by atoms with van der Waals surface area (Å²) in [5.74, 6) is -0.455. The molecule has 1 unspecified atom stereocenters. The zero-order valence-electron chi connectivity index (χ0n) is 17.5. The van der Waals surface area contributed by atoms with Gasteiger partial charge in [0.2, 0.25) is 11.8 Å². The normalized spacial score (nSPS) is 11.5. The Hall–Kier alpha value is -4.19. The molecular formula is C26H24N4O2. The van der Waals surface area contributed by atoms with Crippen LogP contribution in [0, 0.1) is 0 Å². The number of rotatable bonds is 8. The second-order valence-electron chi connectivity index (χ2n) is 7.46. The molecular weight excluding hydrogens is 400 g/mol. The number of carbonyl (C=O) groups is 2. The van der Waals surface area contributed by atoms with Gasteiger partial charge in [0.25, 0.3) is 0 Å². The number of hydrogen-bond acceptors (Lipinski definition) is 3. The Labute approximate surface area is 186 Å². The molecule has 0 bridgehead atoms. The summed E-state index contributed by atoms with van der Waals surface area (Å²) < 4.78 is 1.76. The van der Waals surface area contributed by atoms with Gasteiger partial charge in [0.05, 0.1) is 12.1 Å². The summed E-state index contributed by atoms with van der Waals surface area (Å²) in [5, 5.41) is 10.0. The van der Waals surface area contributed by atoms with E-state index in [1.807, 2.05) is 97.2 Å². The Bertz CT molecular complexity index is 1140. The van der Waals surface area contributed by atoms with E-state index in [9.17, 15) is 9.59 Å². The fourth-order valence-corrected chi connectivity index (χ4v) is 3.43. The molecule has 3 aromatic carbocycles. The lowest BCUT2D eigenvalue weighted by molar-refractivity contribution is -0.126. The monoisotopic (exact) mass is 424 g/mol. The van der Waals surface area contributed by atoms with Crippen molar-refractivity contribution >= 4 is 17.5 Å². The average Bonchev–Trinajstić information content (AvgIpc) is 3.35. The molecule has 2 amide bonds. The van der Waals surface area contributed by atoms with Crippen LogP contribution in [-0.2, 0) is 22.4 Å². The standard InChI is InChI=1S/C26H24N4O2/c31-25(19-21-12-14-23(15-13-21)30-17-7-16-27-30)29-24(18-20-8-3-1-4-9-20)26(32)28-22-10-5-2-6-11-22/h1-17,24H,18-19H2,(H,28,32)(H,29,31). The highest BCUT2D eigenvalue weighted by Gasteiger charge is 2.21. The predicted molar refractivity (Wildman–Crippen MR) is 124 cm³/mol. The van der Waals surface area contributed by atoms with Gasteiger partial charge in [-0.15, -0.1) is 0 Å². The van der Waals surface area contributed by atoms with Gasteiger partial charge in [0.1, 0.15) is 6.04 Å². The van der Waals surface area contributed by atoms with Crippen LogP contribution >= 0.6 is 0 Å². The van der Waals surface area contributed by atoms with Crippen LogP contribution in [0.1, 0.15) is 11.1 Å². The molecule has 1 heterocycles. The summed E-state index contributed by atoms with van der Waals surface area (Å²) in [6, 6.07) is 27.7. The Morgan fingerprint density at radius 1 is 0.812 bits per heavy atom. The first-order chi connectivity index (χ1) is 15.7. The van der Waals surface area contributed by atoms with Gasteiger partial charge in [0, 0.05) is 24.5 Å². The van der Waals surface area contributed by atoms with Gasteiger partial charge in [-0.2, -0.15) is 5.10 Å². The minimum absolute atomic E-state index is 0.184. The van der Waals surface area contributed by atoms with E-state index < -0.39 is 6.04 Å². The first kappa shape index (κ1) is 21.1. The van der Waals surface area contributed by atoms with Crippen LogP contribution in [0.15, 0.2) is 103 Å². The maximum absolute atomic E-state index is 12.9. The van der Waals surface area contributed by atoms with Crippen LogP contribution in [0.3, 0.4) is 0 Å². The summed E-state index contributed by atoms with van der Waals surface area (Å²) in [6.45, 7) is 0. The molecule has 0 saturated carbocycles. The van der Waals surface area contributed by atoms with Gasteiger partial charge in [-0.3, -0.25) is 9.59 Å². The van der Waals surface area contributed by atoms with E-state index in [1.54, 1.807) is 10.9 Å². The van der Waals surface area contributed by atoms with Crippen molar-refractivity contribution in [2.24, 2.45) is 0 Å². The highest BCUT2D eigenvalue weighted by molar-refractivity contribution is 5.97. The van der Waals surface area contributed by atoms with Crippen molar-refractivity contribution < 1.29 is 9.59 Å². The molecule has 6 nitrogen and oxygen atoms in total. The van der Waals surface area contributed by atoms with E-state index in [0.29, 0.717) is 12.1 Å². The summed E-state index contributed by atoms with van der Waals surface area (Å²) in [4.78, 5) is 25.7. The van der Waals surface area contributed by atoms with Crippen molar-refractivity contribution in [1.82, 2.24) is 15.1 Å². The summed E-state index contributed by atoms with van der Waals surface area (Å²) in [5.41, 5.74) is 3.45. The van der Waals surface area contributed by atoms with Gasteiger partial charge in [-0.05, 0) is 41.5 Å². The number of anilines is 1. The topological polar surface area (TPSA) is 76.0 Å². The van der Waals surface area contributed by atoms with Gasteiger partial charge in [-0.1, -0.05) is 60.7 Å². The molecule has 0 saturated heterocycles. The largest absolute Gasteiger partial charge is 0.344 e. The maximum atomic E-state index is 12.9. The molecule has 0 aliphatic heterocycles. The van der Waals surface area contributed by atoms with Crippen LogP contribution in [-0.4, -0.2) is 27.6 Å². The van der Waals surface area contributed by atoms with Gasteiger partial charge in [0.15, 0.2) is 0 Å². The van der Waals surface area contributed by atoms with Gasteiger partial charge in [-0.25, -0.2) is 4.68 Å². The highest BCUT2D eigenvalue weighted by Crippen LogP contribution is 2.11. The van der Waals surface area contributed by atoms with Gasteiger partial charge >= 0.3 is 0 Å². The van der Waals surface area contributed by atoms with E-state index in [1.165, 1.54) is 0 Å². The molecule has 2 N–H and O–H groups in total. The number of aromatic nitrogens is 2. The number of nitrogens with one attached hydrogen (secondary N) is 2. The number of carbonyl (C=O) groups excluding carboxylic acids is 2. The Morgan fingerprint density at radius 3 is 2.16 bits per heavy atom. The van der Waals surface area contributed by atoms with Crippen LogP contribution in [0.5, 0.6) is 0 Å². The van der Waals surface area contributed by atoms with Crippen LogP contribution in [0.4, 0.5) is 5.69 Å². The Morgan fingerprint density at radius 2 is 1.50 bits per heavy atom. The molecule has 1 atom stereocenters. The third-order valence-electron chi connectivity index (χ3n) is 5.05. The van der Waals surface area contributed by atoms with E-state index >= 15 is 0 Å². The number of hydrogen-bond donors (Lipinski definition) is 2. The van der Waals surface area contributed by atoms with E-state index in [0.717, 1.165) is 16.8 Å². The smallest absolute Gasteiger partial charge is 0.247 e. The Balaban J connectivity index is 1.43. The number of benzene rings is 3. The SMILES string of the molecule is O=C(Cc1ccc(-n2cccn2)cc1)NC(Cc1ccccc1)C(=O)Nc1ccccc1. The second-order valence-corrected chi connectivity index (χ2v) is 7.46. The highest BCUT2D eigenvalue weighted by atomic mass is 16.2. The van der Waals surface area contributed by atoms with Crippen molar-refractivity contribution in [1.29, 1.82) is 0 Å². The molecule has 4 rings (SSSR count). The molecule has 1 aromatic heterocycles. The molecule has 0 fully saturated rings. The molecule has 32 heavy (non-hydrogen) atoms. The van der Waals surface area contributed by atoms with Crippen LogP contribution in [0.25, 0.3) is 5.69 Å². The first-order valence-electron chi connectivity index (χ1n) is 10.5. The fraction of sp³-hybridized carbons (Fsp3) is 0.115. The number of nitrogens with zero attached hydrogens (tertiary/aromatic N) is 2. The quantitative estimate of drug-likeness (QED) is 0.452. The fourth-order valence-electron chi connectivity index (χ4n) is 3.43. The molecule has 0 spiro atoms. The molecule has 0 aliphatic rings. The lowest BCUT2D eigenvalue weighted by atomic mass is 10.0. The van der Waals surface area contributed by atoms with E-state index in [-0.39, 0.29) is 18.2 Å². The van der Waals surface area contributed by atoms with Crippen molar-refractivity contribution in [3.8, 4) is 5.69 Å². The lowest BCUT2D eigenvalue weighted by Gasteiger charge is -2.19. The molecule has 160 valence electrons. The van der Waals surface area contributed by atoms with E-state index in [4.69, 9.17) is 0 Å². The predicted octanol–water partition coefficient (Wildman–Crippen LogP) is 3.78. The van der Waals surface area contributed by atoms with Crippen LogP contribution < -0.4 is 10.6 Å². The van der Waals surface area contributed by atoms with Crippen molar-refractivity contribution in [3.63, 3.8) is 0 Å². The summed E-state index contributed by atoms with van der Waals surface area (Å²) in [7, 11) is 0. The molecule has 4 aromatic rings. The minimum Gasteiger partial charge on any atom is -0.344 e. The Kier molecular flexibility index (Phi) is 6.72. The molecule has 0 radical (unpaired) electrons. The first-order valence-corrected chi connectivity index (χ1v) is 10.5. The summed E-state index contributed by atoms with van der Waals surface area (Å²) in [6.07, 6.45) is 4.17. The molecule has 0 aliphatic carbocycles. The number of amides is 2. The number of para-hydroxylation sites is 1. The van der Waals surface area contributed by atoms with Crippen molar-refractivity contribution in [2.75, 3.05) is 5.32 Å². The third kappa shape index (κ3) is 5.70. The second kappa shape index (κ2) is 10.2. The summed E-state index contributed by atoms with van der Waals surface area (Å²) >= 11 is 0. The third-order valence-corrected chi connectivity index (χ3v) is 5.05. The van der Waals surface area contributed by atoms with Crippen LogP contribution in [0.2, 0.25) is 0 Å². The maximum Gasteiger partial charge on any atom is 0.247 e. The van der Waals surface area contributed by atoms with Crippen molar-refractivity contribution in [2.45, 2.75) is 18.9 Å². The zero-order chi connectivity index (χ0) is 22.2. The molecule has 6 heteroatoms. The minimum atomic E-state index is -0.687. The van der Waals surface area contributed by atoms with Gasteiger partial charge < -0.3 is 10.6 Å².